The van der Waals surface area contributed by atoms with Gasteiger partial charge in [0.05, 0.1) is 18.1 Å². The Labute approximate surface area is 216 Å². The van der Waals surface area contributed by atoms with Crippen LogP contribution in [0.1, 0.15) is 13.8 Å². The number of non-ortho nitro benzene ring substituents is 1. The van der Waals surface area contributed by atoms with Gasteiger partial charge in [-0.05, 0) is 12.1 Å². The summed E-state index contributed by atoms with van der Waals surface area (Å²) in [5.74, 6) is -1.11. The van der Waals surface area contributed by atoms with Gasteiger partial charge in [0.15, 0.2) is 6.29 Å². The molecule has 2 fully saturated rings. The Balaban J connectivity index is 1.93. The van der Waals surface area contributed by atoms with Crippen LogP contribution in [-0.2, 0) is 23.8 Å². The summed E-state index contributed by atoms with van der Waals surface area (Å²) in [4.78, 5) is 34.1. The van der Waals surface area contributed by atoms with E-state index in [1.54, 1.807) is 0 Å². The molecule has 16 heteroatoms. The van der Waals surface area contributed by atoms with Gasteiger partial charge in [-0.3, -0.25) is 19.7 Å². The first-order valence-electron chi connectivity index (χ1n) is 11.6. The highest BCUT2D eigenvalue weighted by Crippen LogP contribution is 2.31. The van der Waals surface area contributed by atoms with E-state index in [4.69, 9.17) is 18.9 Å². The third-order valence-electron chi connectivity index (χ3n) is 6.07. The zero-order valence-corrected chi connectivity index (χ0v) is 20.4. The number of aliphatic hydroxyl groups excluding tert-OH is 5. The van der Waals surface area contributed by atoms with Gasteiger partial charge in [-0.25, -0.2) is 0 Å². The van der Waals surface area contributed by atoms with E-state index in [1.807, 2.05) is 0 Å². The van der Waals surface area contributed by atoms with Gasteiger partial charge in [-0.2, -0.15) is 0 Å². The third kappa shape index (κ3) is 6.72. The zero-order valence-electron chi connectivity index (χ0n) is 20.4. The third-order valence-corrected chi connectivity index (χ3v) is 6.07. The fraction of sp³-hybridized carbons (Fsp3) is 0.636. The molecule has 0 spiro atoms. The number of amides is 2. The highest BCUT2D eigenvalue weighted by Gasteiger charge is 2.52. The lowest BCUT2D eigenvalue weighted by atomic mass is 9.94. The van der Waals surface area contributed by atoms with E-state index in [2.05, 4.69) is 10.6 Å². The molecule has 0 saturated carbocycles. The molecule has 1 aromatic carbocycles. The molecular formula is C22H31N3O13. The normalized spacial score (nSPS) is 35.2. The minimum absolute atomic E-state index is 0.0895. The Morgan fingerprint density at radius 3 is 1.95 bits per heavy atom. The van der Waals surface area contributed by atoms with Gasteiger partial charge in [-0.1, -0.05) is 0 Å². The van der Waals surface area contributed by atoms with Gasteiger partial charge in [-0.15, -0.1) is 0 Å². The van der Waals surface area contributed by atoms with Crippen LogP contribution in [-0.4, -0.2) is 117 Å². The van der Waals surface area contributed by atoms with Crippen LogP contribution in [0.5, 0.6) is 5.75 Å². The lowest BCUT2D eigenvalue weighted by Crippen LogP contribution is -2.70. The molecule has 2 aliphatic rings. The molecule has 16 nitrogen and oxygen atoms in total. The van der Waals surface area contributed by atoms with E-state index in [0.717, 1.165) is 6.92 Å². The number of aliphatic hydroxyl groups is 5. The van der Waals surface area contributed by atoms with E-state index in [-0.39, 0.29) is 11.4 Å². The minimum Gasteiger partial charge on any atom is -0.463 e. The molecule has 2 aliphatic heterocycles. The Kier molecular flexibility index (Phi) is 9.91. The van der Waals surface area contributed by atoms with Crippen LogP contribution in [0.4, 0.5) is 5.69 Å². The summed E-state index contributed by atoms with van der Waals surface area (Å²) in [5, 5.41) is 67.0. The molecule has 0 aliphatic carbocycles. The van der Waals surface area contributed by atoms with E-state index in [0.29, 0.717) is 0 Å². The van der Waals surface area contributed by atoms with Crippen molar-refractivity contribution in [2.75, 3.05) is 13.2 Å². The van der Waals surface area contributed by atoms with Crippen molar-refractivity contribution >= 4 is 17.5 Å². The number of rotatable bonds is 9. The molecule has 0 bridgehead atoms. The second-order valence-electron chi connectivity index (χ2n) is 8.84. The van der Waals surface area contributed by atoms with Crippen molar-refractivity contribution in [1.82, 2.24) is 10.6 Å². The first-order chi connectivity index (χ1) is 18.0. The van der Waals surface area contributed by atoms with Crippen LogP contribution < -0.4 is 15.4 Å². The van der Waals surface area contributed by atoms with Gasteiger partial charge in [0, 0.05) is 26.0 Å². The van der Waals surface area contributed by atoms with Crippen molar-refractivity contribution < 1.29 is 59.0 Å². The summed E-state index contributed by atoms with van der Waals surface area (Å²) in [6, 6.07) is 2.27. The molecule has 38 heavy (non-hydrogen) atoms. The van der Waals surface area contributed by atoms with Crippen LogP contribution in [0, 0.1) is 10.1 Å². The second kappa shape index (κ2) is 12.7. The lowest BCUT2D eigenvalue weighted by molar-refractivity contribution is -0.384. The maximum Gasteiger partial charge on any atom is 0.269 e. The van der Waals surface area contributed by atoms with Crippen LogP contribution in [0.3, 0.4) is 0 Å². The van der Waals surface area contributed by atoms with Gasteiger partial charge in [0.25, 0.3) is 5.69 Å². The van der Waals surface area contributed by atoms with Gasteiger partial charge >= 0.3 is 0 Å². The molecule has 2 amide bonds. The quantitative estimate of drug-likeness (QED) is 0.120. The standard InChI is InChI=1S/C22H31N3O13/c1-9(28)23-15-19(32)17(30)13(7-26)36-21(15)38-20-16(24-10(2)29)22(37-14(8-27)18(20)31)35-12-5-3-11(4-6-12)25(33)34/h3-6,13-22,26-27,30-32H,7-8H2,1-2H3,(H,23,28)(H,24,29)/t13-,14-,15-,16-,17-,18+,19-,20-,21?,22+/m1/s1. The highest BCUT2D eigenvalue weighted by atomic mass is 16.7. The molecule has 212 valence electrons. The van der Waals surface area contributed by atoms with Crippen molar-refractivity contribution in [3.63, 3.8) is 0 Å². The summed E-state index contributed by atoms with van der Waals surface area (Å²) in [7, 11) is 0. The molecule has 2 heterocycles. The second-order valence-corrected chi connectivity index (χ2v) is 8.84. The SMILES string of the molecule is CC(=O)N[C@H]1[C@@H](Oc2ccc([N+](=O)[O-])cc2)O[C@H](CO)[C@H](O)[C@@H]1OC1O[C@H](CO)[C@@H](O)[C@H](O)[C@H]1NC(C)=O. The average molecular weight is 545 g/mol. The fourth-order valence-electron chi connectivity index (χ4n) is 4.24. The van der Waals surface area contributed by atoms with Crippen molar-refractivity contribution in [2.45, 2.75) is 75.1 Å². The van der Waals surface area contributed by atoms with Crippen molar-refractivity contribution in [3.8, 4) is 5.75 Å². The minimum atomic E-state index is -1.65. The Morgan fingerprint density at radius 2 is 1.42 bits per heavy atom. The van der Waals surface area contributed by atoms with Gasteiger partial charge < -0.3 is 55.1 Å². The molecule has 1 unspecified atom stereocenters. The Morgan fingerprint density at radius 1 is 0.895 bits per heavy atom. The maximum absolute atomic E-state index is 12.1. The Bertz CT molecular complexity index is 980. The molecule has 3 rings (SSSR count). The van der Waals surface area contributed by atoms with Gasteiger partial charge in [0.2, 0.25) is 18.1 Å². The molecule has 7 N–H and O–H groups in total. The molecule has 1 aromatic rings. The first-order valence-corrected chi connectivity index (χ1v) is 11.6. The largest absolute Gasteiger partial charge is 0.463 e. The van der Waals surface area contributed by atoms with Crippen LogP contribution >= 0.6 is 0 Å². The first kappa shape index (κ1) is 29.6. The Hall–Kier alpha value is -2.96. The molecule has 0 aromatic heterocycles. The van der Waals surface area contributed by atoms with Crippen molar-refractivity contribution in [1.29, 1.82) is 0 Å². The van der Waals surface area contributed by atoms with Crippen LogP contribution in [0.2, 0.25) is 0 Å². The van der Waals surface area contributed by atoms with E-state index < -0.39 is 91.2 Å². The molecule has 0 radical (unpaired) electrons. The van der Waals surface area contributed by atoms with Crippen LogP contribution in [0.25, 0.3) is 0 Å². The fourth-order valence-corrected chi connectivity index (χ4v) is 4.24. The predicted octanol–water partition coefficient (Wildman–Crippen LogP) is -3.11. The number of nitrogens with zero attached hydrogens (tertiary/aromatic N) is 1. The summed E-state index contributed by atoms with van der Waals surface area (Å²) < 4.78 is 22.9. The number of nitrogens with one attached hydrogen (secondary N) is 2. The van der Waals surface area contributed by atoms with Gasteiger partial charge in [0.1, 0.15) is 54.5 Å². The number of benzene rings is 1. The predicted molar refractivity (Wildman–Crippen MR) is 123 cm³/mol. The topological polar surface area (TPSA) is 239 Å². The highest BCUT2D eigenvalue weighted by molar-refractivity contribution is 5.73. The summed E-state index contributed by atoms with van der Waals surface area (Å²) in [5.41, 5.74) is -0.206. The molecule has 10 atom stereocenters. The number of hydrogen-bond donors (Lipinski definition) is 7. The summed E-state index contributed by atoms with van der Waals surface area (Å²) >= 11 is 0. The number of carbonyl (C=O) groups is 2. The van der Waals surface area contributed by atoms with E-state index in [9.17, 15) is 45.2 Å². The summed E-state index contributed by atoms with van der Waals surface area (Å²) in [6.45, 7) is 0.883. The number of nitro benzene ring substituents is 1. The maximum atomic E-state index is 12.1. The number of carbonyl (C=O) groups excluding carboxylic acids is 2. The average Bonchev–Trinajstić information content (AvgIpc) is 2.86. The summed E-state index contributed by atoms with van der Waals surface area (Å²) in [6.07, 6.45) is -11.9. The monoisotopic (exact) mass is 545 g/mol. The number of ether oxygens (including phenoxy) is 4. The molecular weight excluding hydrogens is 514 g/mol. The van der Waals surface area contributed by atoms with E-state index >= 15 is 0 Å². The number of nitro groups is 1. The smallest absolute Gasteiger partial charge is 0.269 e. The van der Waals surface area contributed by atoms with E-state index in [1.165, 1.54) is 31.2 Å². The van der Waals surface area contributed by atoms with Crippen molar-refractivity contribution in [2.24, 2.45) is 0 Å². The number of hydrogen-bond acceptors (Lipinski definition) is 13. The van der Waals surface area contributed by atoms with Crippen LogP contribution in [0.15, 0.2) is 24.3 Å². The zero-order chi connectivity index (χ0) is 28.1. The molecule has 2 saturated heterocycles. The lowest BCUT2D eigenvalue weighted by Gasteiger charge is -2.48. The van der Waals surface area contributed by atoms with Crippen molar-refractivity contribution in [3.05, 3.63) is 34.4 Å².